The topological polar surface area (TPSA) is 84.2 Å². The van der Waals surface area contributed by atoms with Crippen LogP contribution in [0, 0.1) is 11.3 Å². The predicted octanol–water partition coefficient (Wildman–Crippen LogP) is 2.64. The van der Waals surface area contributed by atoms with Gasteiger partial charge in [-0.15, -0.1) is 0 Å². The lowest BCUT2D eigenvalue weighted by Crippen LogP contribution is -2.14. The molecule has 0 unspecified atom stereocenters. The number of nitriles is 1. The van der Waals surface area contributed by atoms with Crippen LogP contribution in [0.5, 0.6) is 11.5 Å². The number of carbonyl (C=O) groups is 1. The molecule has 1 aromatic carbocycles. The minimum Gasteiger partial charge on any atom is -0.493 e. The molecule has 23 heavy (non-hydrogen) atoms. The molecule has 0 aliphatic heterocycles. The van der Waals surface area contributed by atoms with Crippen LogP contribution in [0.15, 0.2) is 48.2 Å². The van der Waals surface area contributed by atoms with Gasteiger partial charge in [-0.25, -0.2) is 4.98 Å². The third-order valence-corrected chi connectivity index (χ3v) is 2.99. The fourth-order valence-electron chi connectivity index (χ4n) is 1.88. The summed E-state index contributed by atoms with van der Waals surface area (Å²) in [6, 6.07) is 12.1. The smallest absolute Gasteiger partial charge is 0.267 e. The Morgan fingerprint density at radius 3 is 2.61 bits per heavy atom. The van der Waals surface area contributed by atoms with Gasteiger partial charge in [0.05, 0.1) is 14.2 Å². The Hall–Kier alpha value is -3.33. The lowest BCUT2D eigenvalue weighted by atomic mass is 10.1. The number of hydrogen-bond donors (Lipinski definition) is 1. The lowest BCUT2D eigenvalue weighted by molar-refractivity contribution is -0.112. The van der Waals surface area contributed by atoms with Gasteiger partial charge in [0.15, 0.2) is 11.5 Å². The van der Waals surface area contributed by atoms with Crippen molar-refractivity contribution in [1.29, 1.82) is 5.26 Å². The van der Waals surface area contributed by atoms with Crippen molar-refractivity contribution in [1.82, 2.24) is 4.98 Å². The third-order valence-electron chi connectivity index (χ3n) is 2.99. The molecule has 0 spiro atoms. The highest BCUT2D eigenvalue weighted by molar-refractivity contribution is 6.09. The molecule has 2 rings (SSSR count). The minimum absolute atomic E-state index is 0.0390. The number of rotatable bonds is 5. The molecule has 0 saturated carbocycles. The van der Waals surface area contributed by atoms with Crippen LogP contribution < -0.4 is 14.8 Å². The number of benzene rings is 1. The van der Waals surface area contributed by atoms with Crippen LogP contribution in [0.3, 0.4) is 0 Å². The Morgan fingerprint density at radius 2 is 2.00 bits per heavy atom. The van der Waals surface area contributed by atoms with E-state index in [-0.39, 0.29) is 5.57 Å². The number of carbonyl (C=O) groups excluding carboxylic acids is 1. The molecule has 116 valence electrons. The lowest BCUT2D eigenvalue weighted by Gasteiger charge is -2.08. The highest BCUT2D eigenvalue weighted by Crippen LogP contribution is 2.28. The van der Waals surface area contributed by atoms with Crippen molar-refractivity contribution < 1.29 is 14.3 Å². The van der Waals surface area contributed by atoms with E-state index in [1.54, 1.807) is 42.6 Å². The molecule has 0 aliphatic rings. The maximum atomic E-state index is 12.1. The Morgan fingerprint density at radius 1 is 1.22 bits per heavy atom. The van der Waals surface area contributed by atoms with Crippen LogP contribution in [0.4, 0.5) is 5.82 Å². The first-order valence-electron chi connectivity index (χ1n) is 6.74. The summed E-state index contributed by atoms with van der Waals surface area (Å²) in [5.41, 5.74) is 0.609. The number of pyridine rings is 1. The average Bonchev–Trinajstić information content (AvgIpc) is 2.60. The summed E-state index contributed by atoms with van der Waals surface area (Å²) in [5.74, 6) is 0.941. The molecular formula is C17H15N3O3. The fraction of sp³-hybridized carbons (Fsp3) is 0.118. The molecule has 0 saturated heterocycles. The number of nitrogens with zero attached hydrogens (tertiary/aromatic N) is 2. The van der Waals surface area contributed by atoms with Crippen molar-refractivity contribution in [3.8, 4) is 17.6 Å². The Kier molecular flexibility index (Phi) is 5.31. The predicted molar refractivity (Wildman–Crippen MR) is 86.0 cm³/mol. The normalized spacial score (nSPS) is 10.6. The van der Waals surface area contributed by atoms with Gasteiger partial charge in [0.1, 0.15) is 17.5 Å². The van der Waals surface area contributed by atoms with E-state index in [1.807, 2.05) is 6.07 Å². The molecule has 1 amide bonds. The molecule has 0 fully saturated rings. The first-order valence-corrected chi connectivity index (χ1v) is 6.74. The van der Waals surface area contributed by atoms with Gasteiger partial charge in [0.2, 0.25) is 0 Å². The maximum absolute atomic E-state index is 12.1. The molecule has 6 nitrogen and oxygen atoms in total. The van der Waals surface area contributed by atoms with Crippen LogP contribution in [-0.2, 0) is 4.79 Å². The Bertz CT molecular complexity index is 764. The molecule has 2 aromatic rings. The molecular weight excluding hydrogens is 294 g/mol. The van der Waals surface area contributed by atoms with E-state index >= 15 is 0 Å². The van der Waals surface area contributed by atoms with E-state index in [2.05, 4.69) is 10.3 Å². The standard InChI is InChI=1S/C17H15N3O3/c1-22-14-7-6-12(10-15(14)23-2)9-13(11-18)17(21)20-16-5-3-4-8-19-16/h3-10H,1-2H3,(H,19,20,21). The van der Waals surface area contributed by atoms with Crippen molar-refractivity contribution in [3.63, 3.8) is 0 Å². The largest absolute Gasteiger partial charge is 0.493 e. The molecule has 1 aromatic heterocycles. The molecule has 1 N–H and O–H groups in total. The first kappa shape index (κ1) is 16.0. The molecule has 0 atom stereocenters. The van der Waals surface area contributed by atoms with Crippen molar-refractivity contribution in [3.05, 3.63) is 53.7 Å². The summed E-state index contributed by atoms with van der Waals surface area (Å²) in [6.45, 7) is 0. The van der Waals surface area contributed by atoms with Gasteiger partial charge in [-0.1, -0.05) is 12.1 Å². The molecule has 6 heteroatoms. The van der Waals surface area contributed by atoms with Crippen molar-refractivity contribution in [2.75, 3.05) is 19.5 Å². The highest BCUT2D eigenvalue weighted by atomic mass is 16.5. The average molecular weight is 309 g/mol. The first-order chi connectivity index (χ1) is 11.2. The van der Waals surface area contributed by atoms with Gasteiger partial charge in [0.25, 0.3) is 5.91 Å². The monoisotopic (exact) mass is 309 g/mol. The van der Waals surface area contributed by atoms with Gasteiger partial charge >= 0.3 is 0 Å². The van der Waals surface area contributed by atoms with Crippen molar-refractivity contribution in [2.24, 2.45) is 0 Å². The van der Waals surface area contributed by atoms with Gasteiger partial charge in [-0.3, -0.25) is 4.79 Å². The summed E-state index contributed by atoms with van der Waals surface area (Å²) >= 11 is 0. The van der Waals surface area contributed by atoms with Crippen molar-refractivity contribution in [2.45, 2.75) is 0 Å². The van der Waals surface area contributed by atoms with Crippen LogP contribution in [0.25, 0.3) is 6.08 Å². The molecule has 1 heterocycles. The van der Waals surface area contributed by atoms with Crippen LogP contribution in [0.1, 0.15) is 5.56 Å². The van der Waals surface area contributed by atoms with Gasteiger partial charge < -0.3 is 14.8 Å². The second kappa shape index (κ2) is 7.61. The number of amides is 1. The maximum Gasteiger partial charge on any atom is 0.267 e. The minimum atomic E-state index is -0.527. The second-order valence-corrected chi connectivity index (χ2v) is 4.45. The third kappa shape index (κ3) is 4.08. The Balaban J connectivity index is 2.25. The fourth-order valence-corrected chi connectivity index (χ4v) is 1.88. The summed E-state index contributed by atoms with van der Waals surface area (Å²) in [6.07, 6.45) is 3.03. The number of hydrogen-bond acceptors (Lipinski definition) is 5. The SMILES string of the molecule is COc1ccc(C=C(C#N)C(=O)Nc2ccccn2)cc1OC. The number of ether oxygens (including phenoxy) is 2. The van der Waals surface area contributed by atoms with E-state index in [0.29, 0.717) is 22.9 Å². The van der Waals surface area contributed by atoms with E-state index in [1.165, 1.54) is 20.3 Å². The van der Waals surface area contributed by atoms with E-state index < -0.39 is 5.91 Å². The number of nitrogens with one attached hydrogen (secondary N) is 1. The summed E-state index contributed by atoms with van der Waals surface area (Å²) < 4.78 is 10.4. The molecule has 0 radical (unpaired) electrons. The zero-order valence-electron chi connectivity index (χ0n) is 12.7. The summed E-state index contributed by atoms with van der Waals surface area (Å²) in [7, 11) is 3.05. The van der Waals surface area contributed by atoms with Crippen LogP contribution in [-0.4, -0.2) is 25.1 Å². The van der Waals surface area contributed by atoms with Gasteiger partial charge in [0, 0.05) is 6.20 Å². The zero-order chi connectivity index (χ0) is 16.7. The number of anilines is 1. The summed E-state index contributed by atoms with van der Waals surface area (Å²) in [4.78, 5) is 16.1. The molecule has 0 aliphatic carbocycles. The van der Waals surface area contributed by atoms with Crippen molar-refractivity contribution >= 4 is 17.8 Å². The van der Waals surface area contributed by atoms with E-state index in [0.717, 1.165) is 0 Å². The van der Waals surface area contributed by atoms with E-state index in [4.69, 9.17) is 9.47 Å². The molecule has 0 bridgehead atoms. The van der Waals surface area contributed by atoms with Gasteiger partial charge in [-0.2, -0.15) is 5.26 Å². The summed E-state index contributed by atoms with van der Waals surface area (Å²) in [5, 5.41) is 11.8. The Labute approximate surface area is 134 Å². The highest BCUT2D eigenvalue weighted by Gasteiger charge is 2.11. The number of aromatic nitrogens is 1. The quantitative estimate of drug-likeness (QED) is 0.678. The van der Waals surface area contributed by atoms with E-state index in [9.17, 15) is 10.1 Å². The second-order valence-electron chi connectivity index (χ2n) is 4.45. The zero-order valence-corrected chi connectivity index (χ0v) is 12.7. The van der Waals surface area contributed by atoms with Crippen LogP contribution in [0.2, 0.25) is 0 Å². The van der Waals surface area contributed by atoms with Gasteiger partial charge in [-0.05, 0) is 35.9 Å². The number of methoxy groups -OCH3 is 2. The van der Waals surface area contributed by atoms with Crippen LogP contribution >= 0.6 is 0 Å².